The maximum absolute atomic E-state index is 13.6. The number of H-pyrrole nitrogens is 1. The predicted molar refractivity (Wildman–Crippen MR) is 85.3 cm³/mol. The van der Waals surface area contributed by atoms with Crippen LogP contribution in [0.1, 0.15) is 44.0 Å². The average Bonchev–Trinajstić information content (AvgIpc) is 2.85. The summed E-state index contributed by atoms with van der Waals surface area (Å²) in [6, 6.07) is 4.93. The van der Waals surface area contributed by atoms with Crippen molar-refractivity contribution in [2.24, 2.45) is 5.92 Å². The second kappa shape index (κ2) is 4.80. The van der Waals surface area contributed by atoms with Crippen molar-refractivity contribution in [2.45, 2.75) is 44.8 Å². The average molecular weight is 302 g/mol. The first-order valence-corrected chi connectivity index (χ1v) is 8.27. The van der Waals surface area contributed by atoms with Gasteiger partial charge in [-0.15, -0.1) is 0 Å². The first kappa shape index (κ1) is 14.2. The van der Waals surface area contributed by atoms with Crippen LogP contribution in [-0.2, 0) is 6.42 Å². The van der Waals surface area contributed by atoms with Gasteiger partial charge < -0.3 is 10.1 Å². The lowest BCUT2D eigenvalue weighted by molar-refractivity contribution is -0.117. The summed E-state index contributed by atoms with van der Waals surface area (Å²) in [5.41, 5.74) is 2.55. The van der Waals surface area contributed by atoms with E-state index < -0.39 is 5.60 Å². The third kappa shape index (κ3) is 1.87. The number of nitrogens with one attached hydrogen (secondary N) is 1. The Bertz CT molecular complexity index is 723. The molecule has 2 atom stereocenters. The van der Waals surface area contributed by atoms with Crippen LogP contribution in [0.5, 0.6) is 0 Å². The molecular weight excluding hydrogens is 279 g/mol. The van der Waals surface area contributed by atoms with Crippen molar-refractivity contribution >= 4 is 10.9 Å². The van der Waals surface area contributed by atoms with E-state index in [9.17, 15) is 9.50 Å². The van der Waals surface area contributed by atoms with Gasteiger partial charge in [0.2, 0.25) is 0 Å². The second-order valence-corrected chi connectivity index (χ2v) is 7.15. The third-order valence-electron chi connectivity index (χ3n) is 5.68. The first-order chi connectivity index (χ1) is 10.5. The largest absolute Gasteiger partial charge is 0.388 e. The van der Waals surface area contributed by atoms with Gasteiger partial charge in [-0.2, -0.15) is 0 Å². The minimum absolute atomic E-state index is 0.000427. The van der Waals surface area contributed by atoms with Gasteiger partial charge in [-0.3, -0.25) is 4.90 Å². The molecule has 1 aromatic heterocycles. The highest BCUT2D eigenvalue weighted by Gasteiger charge is 2.49. The highest BCUT2D eigenvalue weighted by Crippen LogP contribution is 2.47. The Kier molecular flexibility index (Phi) is 3.10. The molecule has 3 nitrogen and oxygen atoms in total. The number of rotatable bonds is 1. The van der Waals surface area contributed by atoms with Crippen LogP contribution < -0.4 is 0 Å². The summed E-state index contributed by atoms with van der Waals surface area (Å²) in [5.74, 6) is -0.00565. The van der Waals surface area contributed by atoms with Gasteiger partial charge in [0.05, 0.1) is 11.6 Å². The molecule has 2 aromatic rings. The zero-order valence-corrected chi connectivity index (χ0v) is 13.2. The van der Waals surface area contributed by atoms with Gasteiger partial charge in [-0.05, 0) is 55.5 Å². The minimum Gasteiger partial charge on any atom is -0.388 e. The van der Waals surface area contributed by atoms with E-state index in [2.05, 4.69) is 23.7 Å². The Morgan fingerprint density at radius 3 is 2.95 bits per heavy atom. The normalized spacial score (nSPS) is 28.9. The van der Waals surface area contributed by atoms with E-state index in [1.165, 1.54) is 11.6 Å². The summed E-state index contributed by atoms with van der Waals surface area (Å²) < 4.78 is 13.6. The molecule has 1 aromatic carbocycles. The highest BCUT2D eigenvalue weighted by atomic mass is 19.1. The molecular formula is C18H23FN2O. The van der Waals surface area contributed by atoms with Crippen LogP contribution in [0.15, 0.2) is 18.2 Å². The monoisotopic (exact) mass is 302 g/mol. The minimum atomic E-state index is -0.715. The number of aromatic nitrogens is 1. The van der Waals surface area contributed by atoms with Gasteiger partial charge in [-0.1, -0.05) is 13.8 Å². The smallest absolute Gasteiger partial charge is 0.123 e. The van der Waals surface area contributed by atoms with Crippen molar-refractivity contribution in [3.8, 4) is 0 Å². The number of benzene rings is 1. The molecule has 0 bridgehead atoms. The SMILES string of the molecule is CC(C)[C@@]1(O)CCCN2CCc3c([nH]c4ccc(F)cc34)[C@H]21. The van der Waals surface area contributed by atoms with Gasteiger partial charge >= 0.3 is 0 Å². The molecule has 3 heterocycles. The van der Waals surface area contributed by atoms with Gasteiger partial charge in [0.15, 0.2) is 0 Å². The number of fused-ring (bicyclic) bond motifs is 5. The number of halogens is 1. The zero-order valence-electron chi connectivity index (χ0n) is 13.2. The topological polar surface area (TPSA) is 39.3 Å². The number of piperidine rings is 1. The molecule has 0 radical (unpaired) electrons. The quantitative estimate of drug-likeness (QED) is 0.847. The van der Waals surface area contributed by atoms with Gasteiger partial charge in [0.25, 0.3) is 0 Å². The number of aromatic amines is 1. The molecule has 22 heavy (non-hydrogen) atoms. The lowest BCUT2D eigenvalue weighted by Crippen LogP contribution is -2.55. The standard InChI is InChI=1S/C18H23FN2O/c1-11(2)18(22)7-3-8-21-9-6-13-14-10-12(19)4-5-15(14)20-16(13)17(18)21/h4-5,10-11,17,20,22H,3,6-9H2,1-2H3/t17-,18-/m0/s1. The summed E-state index contributed by atoms with van der Waals surface area (Å²) in [6.07, 6.45) is 2.79. The van der Waals surface area contributed by atoms with Crippen LogP contribution in [0.25, 0.3) is 10.9 Å². The Balaban J connectivity index is 1.91. The summed E-state index contributed by atoms with van der Waals surface area (Å²) in [4.78, 5) is 5.88. The van der Waals surface area contributed by atoms with Gasteiger partial charge in [-0.25, -0.2) is 4.39 Å². The van der Waals surface area contributed by atoms with Crippen molar-refractivity contribution in [3.05, 3.63) is 35.3 Å². The van der Waals surface area contributed by atoms with Crippen molar-refractivity contribution < 1.29 is 9.50 Å². The zero-order chi connectivity index (χ0) is 15.5. The maximum atomic E-state index is 13.6. The predicted octanol–water partition coefficient (Wildman–Crippen LogP) is 3.39. The fraction of sp³-hybridized carbons (Fsp3) is 0.556. The second-order valence-electron chi connectivity index (χ2n) is 7.15. The molecule has 0 spiro atoms. The van der Waals surface area contributed by atoms with Crippen LogP contribution in [0.3, 0.4) is 0 Å². The Hall–Kier alpha value is -1.39. The Labute approximate surface area is 130 Å². The molecule has 2 aliphatic rings. The molecule has 4 rings (SSSR count). The van der Waals surface area contributed by atoms with Crippen LogP contribution >= 0.6 is 0 Å². The van der Waals surface area contributed by atoms with Crippen LogP contribution in [-0.4, -0.2) is 33.7 Å². The molecule has 1 saturated heterocycles. The molecule has 2 aliphatic heterocycles. The van der Waals surface area contributed by atoms with E-state index in [4.69, 9.17) is 0 Å². The first-order valence-electron chi connectivity index (χ1n) is 8.27. The van der Waals surface area contributed by atoms with E-state index in [1.807, 2.05) is 6.07 Å². The van der Waals surface area contributed by atoms with Crippen molar-refractivity contribution in [1.82, 2.24) is 9.88 Å². The van der Waals surface area contributed by atoms with Crippen molar-refractivity contribution in [1.29, 1.82) is 0 Å². The van der Waals surface area contributed by atoms with Crippen molar-refractivity contribution in [3.63, 3.8) is 0 Å². The van der Waals surface area contributed by atoms with Crippen LogP contribution in [0.2, 0.25) is 0 Å². The molecule has 1 fully saturated rings. The number of aliphatic hydroxyl groups is 1. The molecule has 0 aliphatic carbocycles. The Morgan fingerprint density at radius 1 is 1.36 bits per heavy atom. The lowest BCUT2D eigenvalue weighted by Gasteiger charge is -2.51. The van der Waals surface area contributed by atoms with Crippen molar-refractivity contribution in [2.75, 3.05) is 13.1 Å². The lowest BCUT2D eigenvalue weighted by atomic mass is 9.73. The fourth-order valence-corrected chi connectivity index (χ4v) is 4.42. The molecule has 0 unspecified atom stereocenters. The number of hydrogen-bond acceptors (Lipinski definition) is 2. The summed E-state index contributed by atoms with van der Waals surface area (Å²) in [6.45, 7) is 6.17. The summed E-state index contributed by atoms with van der Waals surface area (Å²) in [7, 11) is 0. The maximum Gasteiger partial charge on any atom is 0.123 e. The number of nitrogens with zero attached hydrogens (tertiary/aromatic N) is 1. The molecule has 118 valence electrons. The summed E-state index contributed by atoms with van der Waals surface area (Å²) in [5, 5.41) is 12.3. The molecule has 2 N–H and O–H groups in total. The third-order valence-corrected chi connectivity index (χ3v) is 5.68. The van der Waals surface area contributed by atoms with E-state index in [-0.39, 0.29) is 17.8 Å². The fourth-order valence-electron chi connectivity index (χ4n) is 4.42. The van der Waals surface area contributed by atoms with Crippen LogP contribution in [0.4, 0.5) is 4.39 Å². The van der Waals surface area contributed by atoms with E-state index >= 15 is 0 Å². The van der Waals surface area contributed by atoms with E-state index in [0.29, 0.717) is 0 Å². The molecule has 4 heteroatoms. The van der Waals surface area contributed by atoms with Gasteiger partial charge in [0, 0.05) is 23.1 Å². The van der Waals surface area contributed by atoms with Crippen LogP contribution in [0, 0.1) is 11.7 Å². The summed E-state index contributed by atoms with van der Waals surface area (Å²) >= 11 is 0. The molecule has 0 amide bonds. The highest BCUT2D eigenvalue weighted by molar-refractivity contribution is 5.85. The van der Waals surface area contributed by atoms with E-state index in [1.54, 1.807) is 6.07 Å². The number of hydrogen-bond donors (Lipinski definition) is 2. The van der Waals surface area contributed by atoms with Gasteiger partial charge in [0.1, 0.15) is 5.82 Å². The van der Waals surface area contributed by atoms with E-state index in [0.717, 1.165) is 48.9 Å². The Morgan fingerprint density at radius 2 is 2.18 bits per heavy atom. The molecule has 0 saturated carbocycles.